The van der Waals surface area contributed by atoms with Crippen LogP contribution in [0.1, 0.15) is 51.4 Å². The molecule has 0 saturated heterocycles. The van der Waals surface area contributed by atoms with Gasteiger partial charge in [-0.3, -0.25) is 14.6 Å². The molecule has 2 heterocycles. The van der Waals surface area contributed by atoms with Gasteiger partial charge in [-0.15, -0.1) is 11.3 Å². The maximum Gasteiger partial charge on any atom is 0.257 e. The molecule has 0 bridgehead atoms. The van der Waals surface area contributed by atoms with E-state index in [1.165, 1.54) is 23.7 Å². The zero-order valence-electron chi connectivity index (χ0n) is 17.8. The molecule has 6 nitrogen and oxygen atoms in total. The number of anilines is 2. The van der Waals surface area contributed by atoms with Crippen LogP contribution in [0.3, 0.4) is 0 Å². The number of methoxy groups -OCH3 is 1. The molecule has 160 valence electrons. The molecule has 0 spiro atoms. The zero-order chi connectivity index (χ0) is 22.0. The largest absolute Gasteiger partial charge is 0.494 e. The molecule has 0 atom stereocenters. The maximum absolute atomic E-state index is 12.9. The lowest BCUT2D eigenvalue weighted by molar-refractivity contribution is 0.101. The number of carbonyl (C=O) groups is 2. The van der Waals surface area contributed by atoms with Gasteiger partial charge in [0.1, 0.15) is 5.75 Å². The van der Waals surface area contributed by atoms with Crippen LogP contribution in [0.2, 0.25) is 0 Å². The van der Waals surface area contributed by atoms with Crippen LogP contribution in [0.15, 0.2) is 48.1 Å². The third-order valence-corrected chi connectivity index (χ3v) is 6.58. The van der Waals surface area contributed by atoms with Crippen molar-refractivity contribution >= 4 is 34.5 Å². The van der Waals surface area contributed by atoms with Gasteiger partial charge in [-0.25, -0.2) is 0 Å². The highest BCUT2D eigenvalue weighted by Crippen LogP contribution is 2.39. The number of hydrogen-bond donors (Lipinski definition) is 2. The van der Waals surface area contributed by atoms with Crippen LogP contribution in [0.4, 0.5) is 11.4 Å². The summed E-state index contributed by atoms with van der Waals surface area (Å²) in [6.45, 7) is 4.55. The van der Waals surface area contributed by atoms with Crippen molar-refractivity contribution in [3.63, 3.8) is 0 Å². The van der Waals surface area contributed by atoms with E-state index in [2.05, 4.69) is 29.5 Å². The average Bonchev–Trinajstić information content (AvgIpc) is 3.17. The van der Waals surface area contributed by atoms with E-state index in [-0.39, 0.29) is 17.2 Å². The van der Waals surface area contributed by atoms with Crippen molar-refractivity contribution in [3.8, 4) is 5.75 Å². The van der Waals surface area contributed by atoms with E-state index >= 15 is 0 Å². The smallest absolute Gasteiger partial charge is 0.257 e. The summed E-state index contributed by atoms with van der Waals surface area (Å²) in [7, 11) is 1.53. The fourth-order valence-electron chi connectivity index (χ4n) is 3.78. The summed E-state index contributed by atoms with van der Waals surface area (Å²) in [4.78, 5) is 30.6. The van der Waals surface area contributed by atoms with E-state index in [9.17, 15) is 9.59 Å². The quantitative estimate of drug-likeness (QED) is 0.579. The predicted molar refractivity (Wildman–Crippen MR) is 123 cm³/mol. The van der Waals surface area contributed by atoms with Gasteiger partial charge in [0.05, 0.1) is 23.9 Å². The first kappa shape index (κ1) is 21.1. The number of nitrogens with zero attached hydrogens (tertiary/aromatic N) is 1. The van der Waals surface area contributed by atoms with E-state index < -0.39 is 0 Å². The SMILES string of the molecule is COc1cc(NC(=O)c2csc3c2CCC(C)(C)C3)ccc1NC(=O)c1cccnc1. The molecule has 1 aliphatic rings. The van der Waals surface area contributed by atoms with Gasteiger partial charge in [0.2, 0.25) is 0 Å². The normalized spacial score (nSPS) is 14.4. The molecule has 0 aliphatic heterocycles. The minimum atomic E-state index is -0.281. The topological polar surface area (TPSA) is 80.3 Å². The van der Waals surface area contributed by atoms with Crippen molar-refractivity contribution in [2.45, 2.75) is 33.1 Å². The van der Waals surface area contributed by atoms with Crippen LogP contribution in [0, 0.1) is 5.41 Å². The lowest BCUT2D eigenvalue weighted by atomic mass is 9.77. The van der Waals surface area contributed by atoms with Gasteiger partial charge >= 0.3 is 0 Å². The number of aromatic nitrogens is 1. The number of benzene rings is 1. The van der Waals surface area contributed by atoms with Gasteiger partial charge in [-0.1, -0.05) is 13.8 Å². The number of hydrogen-bond acceptors (Lipinski definition) is 5. The highest BCUT2D eigenvalue weighted by molar-refractivity contribution is 7.10. The summed E-state index contributed by atoms with van der Waals surface area (Å²) in [6.07, 6.45) is 6.13. The van der Waals surface area contributed by atoms with Crippen molar-refractivity contribution in [3.05, 3.63) is 69.7 Å². The fraction of sp³-hybridized carbons (Fsp3) is 0.292. The van der Waals surface area contributed by atoms with Crippen molar-refractivity contribution in [2.24, 2.45) is 5.41 Å². The first-order chi connectivity index (χ1) is 14.9. The van der Waals surface area contributed by atoms with E-state index in [1.54, 1.807) is 47.9 Å². The minimum absolute atomic E-state index is 0.119. The third-order valence-electron chi connectivity index (χ3n) is 5.55. The third kappa shape index (κ3) is 4.61. The molecular weight excluding hydrogens is 410 g/mol. The minimum Gasteiger partial charge on any atom is -0.494 e. The van der Waals surface area contributed by atoms with Gasteiger partial charge in [-0.2, -0.15) is 0 Å². The van der Waals surface area contributed by atoms with Gasteiger partial charge in [-0.05, 0) is 54.5 Å². The van der Waals surface area contributed by atoms with E-state index in [0.717, 1.165) is 24.8 Å². The Bertz CT molecular complexity index is 1120. The molecule has 2 aromatic heterocycles. The summed E-state index contributed by atoms with van der Waals surface area (Å²) in [5.74, 6) is 0.0616. The second kappa shape index (κ2) is 8.51. The summed E-state index contributed by atoms with van der Waals surface area (Å²) in [5.41, 5.74) is 3.79. The molecule has 0 radical (unpaired) electrons. The number of ether oxygens (including phenoxy) is 1. The molecule has 0 unspecified atom stereocenters. The van der Waals surface area contributed by atoms with E-state index in [0.29, 0.717) is 22.7 Å². The molecule has 0 fully saturated rings. The summed E-state index contributed by atoms with van der Waals surface area (Å²) >= 11 is 1.67. The highest BCUT2D eigenvalue weighted by Gasteiger charge is 2.29. The number of amides is 2. The summed E-state index contributed by atoms with van der Waals surface area (Å²) < 4.78 is 5.43. The van der Waals surface area contributed by atoms with E-state index in [1.807, 2.05) is 5.38 Å². The fourth-order valence-corrected chi connectivity index (χ4v) is 5.12. The Morgan fingerprint density at radius 1 is 1.16 bits per heavy atom. The second-order valence-electron chi connectivity index (χ2n) is 8.46. The Kier molecular flexibility index (Phi) is 5.78. The van der Waals surface area contributed by atoms with Crippen LogP contribution in [-0.2, 0) is 12.8 Å². The molecule has 2 amide bonds. The molecular formula is C24H25N3O3S. The highest BCUT2D eigenvalue weighted by atomic mass is 32.1. The molecule has 0 saturated carbocycles. The van der Waals surface area contributed by atoms with Gasteiger partial charge in [0.25, 0.3) is 11.8 Å². The Labute approximate surface area is 185 Å². The van der Waals surface area contributed by atoms with Gasteiger partial charge in [0.15, 0.2) is 0 Å². The van der Waals surface area contributed by atoms with Crippen molar-refractivity contribution in [1.29, 1.82) is 0 Å². The Morgan fingerprint density at radius 3 is 2.74 bits per heavy atom. The Morgan fingerprint density at radius 2 is 2.00 bits per heavy atom. The maximum atomic E-state index is 12.9. The molecule has 3 aromatic rings. The van der Waals surface area contributed by atoms with Crippen molar-refractivity contribution in [1.82, 2.24) is 4.98 Å². The second-order valence-corrected chi connectivity index (χ2v) is 9.42. The lowest BCUT2D eigenvalue weighted by Gasteiger charge is -2.29. The van der Waals surface area contributed by atoms with Crippen LogP contribution in [0.5, 0.6) is 5.75 Å². The number of pyridine rings is 1. The van der Waals surface area contributed by atoms with Crippen LogP contribution in [0.25, 0.3) is 0 Å². The van der Waals surface area contributed by atoms with E-state index in [4.69, 9.17) is 4.74 Å². The zero-order valence-corrected chi connectivity index (χ0v) is 18.6. The monoisotopic (exact) mass is 435 g/mol. The molecule has 7 heteroatoms. The molecule has 2 N–H and O–H groups in total. The molecule has 1 aliphatic carbocycles. The number of thiophene rings is 1. The lowest BCUT2D eigenvalue weighted by Crippen LogP contribution is -2.22. The van der Waals surface area contributed by atoms with Crippen molar-refractivity contribution < 1.29 is 14.3 Å². The van der Waals surface area contributed by atoms with Crippen LogP contribution >= 0.6 is 11.3 Å². The number of nitrogens with one attached hydrogen (secondary N) is 2. The molecule has 31 heavy (non-hydrogen) atoms. The van der Waals surface area contributed by atoms with Crippen molar-refractivity contribution in [2.75, 3.05) is 17.7 Å². The first-order valence-corrected chi connectivity index (χ1v) is 11.0. The average molecular weight is 436 g/mol. The summed E-state index contributed by atoms with van der Waals surface area (Å²) in [6, 6.07) is 8.56. The van der Waals surface area contributed by atoms with Crippen LogP contribution in [-0.4, -0.2) is 23.9 Å². The molecule has 1 aromatic carbocycles. The van der Waals surface area contributed by atoms with Gasteiger partial charge in [0, 0.05) is 34.4 Å². The number of carbonyl (C=O) groups excluding carboxylic acids is 2. The number of fused-ring (bicyclic) bond motifs is 1. The number of rotatable bonds is 5. The Hall–Kier alpha value is -3.19. The Balaban J connectivity index is 1.49. The van der Waals surface area contributed by atoms with Crippen LogP contribution < -0.4 is 15.4 Å². The predicted octanol–water partition coefficient (Wildman–Crippen LogP) is 5.17. The summed E-state index contributed by atoms with van der Waals surface area (Å²) in [5, 5.41) is 7.75. The first-order valence-electron chi connectivity index (χ1n) is 10.2. The standard InChI is InChI=1S/C24H25N3O3S/c1-24(2)9-8-17-18(14-31-21(17)12-24)23(29)26-16-6-7-19(20(11-16)30-3)27-22(28)15-5-4-10-25-13-15/h4-7,10-11,13-14H,8-9,12H2,1-3H3,(H,26,29)(H,27,28). The molecule has 4 rings (SSSR count). The van der Waals surface area contributed by atoms with Gasteiger partial charge < -0.3 is 15.4 Å².